The molecule has 0 bridgehead atoms. The van der Waals surface area contributed by atoms with Crippen LogP contribution in [0.25, 0.3) is 0 Å². The largest absolute Gasteiger partial charge is 0.444 e. The van der Waals surface area contributed by atoms with E-state index in [2.05, 4.69) is 5.32 Å². The standard InChI is InChI=1S/C16H25NO3/c1-12(18)10-14(13-8-6-5-7-9-13)11-17-15(19)20-16(2,3)4/h5-9,12,14,18H,10-11H2,1-4H3,(H,17,19)/t12-,14+/m0/s1. The second-order valence-corrected chi connectivity index (χ2v) is 6.08. The van der Waals surface area contributed by atoms with Crippen LogP contribution in [0.3, 0.4) is 0 Å². The first kappa shape index (κ1) is 16.5. The van der Waals surface area contributed by atoms with E-state index < -0.39 is 17.8 Å². The third-order valence-electron chi connectivity index (χ3n) is 2.79. The smallest absolute Gasteiger partial charge is 0.407 e. The fourth-order valence-corrected chi connectivity index (χ4v) is 1.99. The monoisotopic (exact) mass is 279 g/mol. The molecule has 1 amide bonds. The van der Waals surface area contributed by atoms with Crippen LogP contribution in [0.4, 0.5) is 4.79 Å². The van der Waals surface area contributed by atoms with Crippen LogP contribution < -0.4 is 5.32 Å². The van der Waals surface area contributed by atoms with E-state index >= 15 is 0 Å². The summed E-state index contributed by atoms with van der Waals surface area (Å²) in [7, 11) is 0. The Morgan fingerprint density at radius 3 is 2.40 bits per heavy atom. The maximum atomic E-state index is 11.7. The Morgan fingerprint density at radius 1 is 1.30 bits per heavy atom. The quantitative estimate of drug-likeness (QED) is 0.871. The van der Waals surface area contributed by atoms with Crippen molar-refractivity contribution >= 4 is 6.09 Å². The zero-order chi connectivity index (χ0) is 15.2. The number of hydrogen-bond donors (Lipinski definition) is 2. The molecule has 1 aromatic carbocycles. The number of alkyl carbamates (subject to hydrolysis) is 1. The minimum absolute atomic E-state index is 0.0729. The van der Waals surface area contributed by atoms with Gasteiger partial charge in [0.05, 0.1) is 6.10 Å². The van der Waals surface area contributed by atoms with Crippen molar-refractivity contribution in [2.75, 3.05) is 6.54 Å². The molecule has 0 aliphatic heterocycles. The molecule has 0 heterocycles. The van der Waals surface area contributed by atoms with Crippen LogP contribution in [0.2, 0.25) is 0 Å². The van der Waals surface area contributed by atoms with Crippen molar-refractivity contribution in [1.29, 1.82) is 0 Å². The number of rotatable bonds is 5. The topological polar surface area (TPSA) is 58.6 Å². The Hall–Kier alpha value is -1.55. The maximum absolute atomic E-state index is 11.7. The molecule has 4 nitrogen and oxygen atoms in total. The molecule has 0 aromatic heterocycles. The molecule has 0 spiro atoms. The summed E-state index contributed by atoms with van der Waals surface area (Å²) in [6.07, 6.45) is -0.246. The Kier molecular flexibility index (Phi) is 6.02. The SMILES string of the molecule is C[C@H](O)C[C@H](CNC(=O)OC(C)(C)C)c1ccccc1. The van der Waals surface area contributed by atoms with Crippen LogP contribution in [0.5, 0.6) is 0 Å². The molecule has 2 atom stereocenters. The van der Waals surface area contributed by atoms with Gasteiger partial charge in [0.1, 0.15) is 5.60 Å². The van der Waals surface area contributed by atoms with Crippen LogP contribution in [0.15, 0.2) is 30.3 Å². The van der Waals surface area contributed by atoms with Crippen LogP contribution >= 0.6 is 0 Å². The van der Waals surface area contributed by atoms with Gasteiger partial charge in [-0.15, -0.1) is 0 Å². The summed E-state index contributed by atoms with van der Waals surface area (Å²) in [5, 5.41) is 12.4. The summed E-state index contributed by atoms with van der Waals surface area (Å²) in [5.41, 5.74) is 0.598. The van der Waals surface area contributed by atoms with E-state index in [9.17, 15) is 9.90 Å². The first-order valence-corrected chi connectivity index (χ1v) is 6.98. The summed E-state index contributed by atoms with van der Waals surface area (Å²) in [6.45, 7) is 7.69. The zero-order valence-corrected chi connectivity index (χ0v) is 12.7. The lowest BCUT2D eigenvalue weighted by Gasteiger charge is -2.23. The highest BCUT2D eigenvalue weighted by Gasteiger charge is 2.19. The van der Waals surface area contributed by atoms with Crippen LogP contribution in [-0.4, -0.2) is 29.4 Å². The van der Waals surface area contributed by atoms with E-state index in [0.29, 0.717) is 13.0 Å². The van der Waals surface area contributed by atoms with E-state index in [1.807, 2.05) is 51.1 Å². The van der Waals surface area contributed by atoms with Gasteiger partial charge in [-0.25, -0.2) is 4.79 Å². The first-order chi connectivity index (χ1) is 9.28. The Bertz CT molecular complexity index is 409. The molecule has 112 valence electrons. The fraction of sp³-hybridized carbons (Fsp3) is 0.562. The maximum Gasteiger partial charge on any atom is 0.407 e. The van der Waals surface area contributed by atoms with Crippen molar-refractivity contribution in [2.45, 2.75) is 51.7 Å². The Balaban J connectivity index is 2.60. The molecule has 20 heavy (non-hydrogen) atoms. The molecular weight excluding hydrogens is 254 g/mol. The van der Waals surface area contributed by atoms with Gasteiger partial charge in [-0.3, -0.25) is 0 Å². The van der Waals surface area contributed by atoms with Crippen molar-refractivity contribution in [1.82, 2.24) is 5.32 Å². The van der Waals surface area contributed by atoms with E-state index in [1.54, 1.807) is 6.92 Å². The van der Waals surface area contributed by atoms with Gasteiger partial charge in [-0.05, 0) is 39.7 Å². The van der Waals surface area contributed by atoms with Gasteiger partial charge < -0.3 is 15.2 Å². The number of aliphatic hydroxyl groups is 1. The van der Waals surface area contributed by atoms with Gasteiger partial charge >= 0.3 is 6.09 Å². The Labute approximate surface area is 121 Å². The highest BCUT2D eigenvalue weighted by atomic mass is 16.6. The van der Waals surface area contributed by atoms with E-state index in [1.165, 1.54) is 0 Å². The molecule has 0 saturated carbocycles. The van der Waals surface area contributed by atoms with Crippen molar-refractivity contribution in [3.63, 3.8) is 0 Å². The minimum Gasteiger partial charge on any atom is -0.444 e. The molecule has 1 aromatic rings. The third-order valence-corrected chi connectivity index (χ3v) is 2.79. The average molecular weight is 279 g/mol. The lowest BCUT2D eigenvalue weighted by atomic mass is 9.93. The molecule has 2 N–H and O–H groups in total. The van der Waals surface area contributed by atoms with Crippen LogP contribution in [0.1, 0.15) is 45.6 Å². The van der Waals surface area contributed by atoms with E-state index in [4.69, 9.17) is 4.74 Å². The predicted molar refractivity (Wildman–Crippen MR) is 79.7 cm³/mol. The zero-order valence-electron chi connectivity index (χ0n) is 12.7. The van der Waals surface area contributed by atoms with Gasteiger partial charge in [0.25, 0.3) is 0 Å². The number of nitrogens with one attached hydrogen (secondary N) is 1. The number of ether oxygens (including phenoxy) is 1. The second kappa shape index (κ2) is 7.29. The summed E-state index contributed by atoms with van der Waals surface area (Å²) in [5.74, 6) is 0.0729. The normalized spacial score (nSPS) is 14.4. The highest BCUT2D eigenvalue weighted by molar-refractivity contribution is 5.67. The first-order valence-electron chi connectivity index (χ1n) is 6.98. The number of amides is 1. The van der Waals surface area contributed by atoms with Gasteiger partial charge in [-0.2, -0.15) is 0 Å². The molecule has 0 saturated heterocycles. The van der Waals surface area contributed by atoms with Gasteiger partial charge in [0.2, 0.25) is 0 Å². The summed E-state index contributed by atoms with van der Waals surface area (Å²) in [4.78, 5) is 11.7. The summed E-state index contributed by atoms with van der Waals surface area (Å²) in [6, 6.07) is 9.87. The predicted octanol–water partition coefficient (Wildman–Crippen LogP) is 3.07. The fourth-order valence-electron chi connectivity index (χ4n) is 1.99. The number of carbonyl (C=O) groups excluding carboxylic acids is 1. The van der Waals surface area contributed by atoms with Crippen molar-refractivity contribution in [2.24, 2.45) is 0 Å². The third kappa shape index (κ3) is 6.57. The highest BCUT2D eigenvalue weighted by Crippen LogP contribution is 2.20. The molecule has 0 aliphatic rings. The second-order valence-electron chi connectivity index (χ2n) is 6.08. The lowest BCUT2D eigenvalue weighted by molar-refractivity contribution is 0.0520. The van der Waals surface area contributed by atoms with Crippen molar-refractivity contribution in [3.8, 4) is 0 Å². The Morgan fingerprint density at radius 2 is 1.90 bits per heavy atom. The summed E-state index contributed by atoms with van der Waals surface area (Å²) < 4.78 is 5.22. The number of aliphatic hydroxyl groups excluding tert-OH is 1. The number of carbonyl (C=O) groups is 1. The molecule has 0 unspecified atom stereocenters. The van der Waals surface area contributed by atoms with Gasteiger partial charge in [0, 0.05) is 12.5 Å². The lowest BCUT2D eigenvalue weighted by Crippen LogP contribution is -2.35. The van der Waals surface area contributed by atoms with Crippen LogP contribution in [-0.2, 0) is 4.74 Å². The molecule has 0 radical (unpaired) electrons. The van der Waals surface area contributed by atoms with Gasteiger partial charge in [-0.1, -0.05) is 30.3 Å². The number of benzene rings is 1. The molecule has 0 aliphatic carbocycles. The molecule has 0 fully saturated rings. The minimum atomic E-state index is -0.503. The van der Waals surface area contributed by atoms with Crippen LogP contribution in [0, 0.1) is 0 Å². The molecule has 4 heteroatoms. The molecular formula is C16H25NO3. The van der Waals surface area contributed by atoms with Crippen molar-refractivity contribution in [3.05, 3.63) is 35.9 Å². The van der Waals surface area contributed by atoms with Crippen molar-refractivity contribution < 1.29 is 14.6 Å². The summed E-state index contributed by atoms with van der Waals surface area (Å²) >= 11 is 0. The van der Waals surface area contributed by atoms with E-state index in [0.717, 1.165) is 5.56 Å². The number of hydrogen-bond acceptors (Lipinski definition) is 3. The van der Waals surface area contributed by atoms with E-state index in [-0.39, 0.29) is 5.92 Å². The average Bonchev–Trinajstić information content (AvgIpc) is 2.33. The molecule has 1 rings (SSSR count). The van der Waals surface area contributed by atoms with Gasteiger partial charge in [0.15, 0.2) is 0 Å².